The quantitative estimate of drug-likeness (QED) is 0.791. The van der Waals surface area contributed by atoms with Crippen LogP contribution in [-0.2, 0) is 10.0 Å². The lowest BCUT2D eigenvalue weighted by Gasteiger charge is -2.19. The van der Waals surface area contributed by atoms with Crippen LogP contribution in [0.3, 0.4) is 0 Å². The van der Waals surface area contributed by atoms with E-state index in [9.17, 15) is 12.8 Å². The van der Waals surface area contributed by atoms with Gasteiger partial charge in [0.2, 0.25) is 10.0 Å². The first kappa shape index (κ1) is 17.4. The summed E-state index contributed by atoms with van der Waals surface area (Å²) in [6.07, 6.45) is 0.652. The summed E-state index contributed by atoms with van der Waals surface area (Å²) in [5, 5.41) is 0. The lowest BCUT2D eigenvalue weighted by molar-refractivity contribution is 0.574. The molecule has 124 valence electrons. The highest BCUT2D eigenvalue weighted by Crippen LogP contribution is 2.16. The molecule has 0 heterocycles. The van der Waals surface area contributed by atoms with Gasteiger partial charge in [0.05, 0.1) is 4.90 Å². The molecule has 0 aliphatic heterocycles. The summed E-state index contributed by atoms with van der Waals surface area (Å²) >= 11 is 0. The highest BCUT2D eigenvalue weighted by Gasteiger charge is 2.17. The topological polar surface area (TPSA) is 49.4 Å². The summed E-state index contributed by atoms with van der Waals surface area (Å²) in [4.78, 5) is 2.05. The molecular weight excluding hydrogens is 315 g/mol. The van der Waals surface area contributed by atoms with Crippen LogP contribution in [0.4, 0.5) is 10.1 Å². The number of nitrogens with one attached hydrogen (secondary N) is 1. The van der Waals surface area contributed by atoms with Gasteiger partial charge in [-0.25, -0.2) is 17.5 Å². The summed E-state index contributed by atoms with van der Waals surface area (Å²) in [6, 6.07) is 13.6. The van der Waals surface area contributed by atoms with E-state index in [1.807, 2.05) is 37.4 Å². The Bertz CT molecular complexity index is 748. The molecule has 23 heavy (non-hydrogen) atoms. The average Bonchev–Trinajstić information content (AvgIpc) is 2.54. The van der Waals surface area contributed by atoms with E-state index in [0.29, 0.717) is 25.1 Å². The highest BCUT2D eigenvalue weighted by atomic mass is 32.2. The van der Waals surface area contributed by atoms with Crippen molar-refractivity contribution in [1.29, 1.82) is 0 Å². The summed E-state index contributed by atoms with van der Waals surface area (Å²) < 4.78 is 40.2. The second-order valence-electron chi connectivity index (χ2n) is 5.42. The lowest BCUT2D eigenvalue weighted by Crippen LogP contribution is -2.28. The molecule has 0 bridgehead atoms. The minimum atomic E-state index is -3.68. The summed E-state index contributed by atoms with van der Waals surface area (Å²) in [7, 11) is -1.73. The van der Waals surface area contributed by atoms with Gasteiger partial charge >= 0.3 is 0 Å². The third-order valence-electron chi connectivity index (χ3n) is 3.60. The van der Waals surface area contributed by atoms with Gasteiger partial charge in [-0.3, -0.25) is 0 Å². The molecule has 0 saturated carbocycles. The summed E-state index contributed by atoms with van der Waals surface area (Å²) in [5.74, 6) is -0.556. The Morgan fingerprint density at radius 1 is 1.13 bits per heavy atom. The summed E-state index contributed by atoms with van der Waals surface area (Å²) in [5.41, 5.74) is 1.61. The van der Waals surface area contributed by atoms with Crippen LogP contribution in [0.15, 0.2) is 53.4 Å². The predicted molar refractivity (Wildman–Crippen MR) is 90.7 cm³/mol. The molecule has 0 aliphatic carbocycles. The maximum atomic E-state index is 13.3. The van der Waals surface area contributed by atoms with Gasteiger partial charge in [-0.05, 0) is 43.2 Å². The number of anilines is 1. The predicted octanol–water partition coefficient (Wildman–Crippen LogP) is 2.94. The first-order valence-electron chi connectivity index (χ1n) is 7.42. The van der Waals surface area contributed by atoms with Crippen LogP contribution < -0.4 is 9.62 Å². The van der Waals surface area contributed by atoms with Crippen LogP contribution in [-0.4, -0.2) is 28.6 Å². The number of aryl methyl sites for hydroxylation is 1. The van der Waals surface area contributed by atoms with Gasteiger partial charge in [-0.1, -0.05) is 24.3 Å². The van der Waals surface area contributed by atoms with E-state index in [4.69, 9.17) is 0 Å². The van der Waals surface area contributed by atoms with E-state index in [0.717, 1.165) is 11.8 Å². The molecule has 0 fully saturated rings. The van der Waals surface area contributed by atoms with Gasteiger partial charge in [0, 0.05) is 25.8 Å². The molecule has 0 amide bonds. The molecule has 0 radical (unpaired) electrons. The van der Waals surface area contributed by atoms with Crippen molar-refractivity contribution in [2.45, 2.75) is 18.2 Å². The molecule has 0 atom stereocenters. The van der Waals surface area contributed by atoms with Crippen molar-refractivity contribution in [1.82, 2.24) is 4.72 Å². The number of halogens is 1. The Labute approximate surface area is 137 Å². The fraction of sp³-hybridized carbons (Fsp3) is 0.294. The molecular formula is C17H21FN2O2S. The Morgan fingerprint density at radius 3 is 2.52 bits per heavy atom. The van der Waals surface area contributed by atoms with Gasteiger partial charge in [0.25, 0.3) is 0 Å². The molecule has 0 spiro atoms. The Balaban J connectivity index is 1.89. The first-order valence-corrected chi connectivity index (χ1v) is 8.90. The van der Waals surface area contributed by atoms with Crippen LogP contribution in [0.1, 0.15) is 12.0 Å². The van der Waals surface area contributed by atoms with E-state index in [1.54, 1.807) is 6.92 Å². The Hall–Kier alpha value is -1.92. The second-order valence-corrected chi connectivity index (χ2v) is 7.15. The maximum absolute atomic E-state index is 13.3. The SMILES string of the molecule is Cc1ccc(F)cc1S(=O)(=O)NCCCN(C)c1ccccc1. The second kappa shape index (κ2) is 7.57. The number of benzene rings is 2. The van der Waals surface area contributed by atoms with Crippen molar-refractivity contribution in [3.8, 4) is 0 Å². The molecule has 2 aromatic carbocycles. The van der Waals surface area contributed by atoms with Crippen LogP contribution >= 0.6 is 0 Å². The number of nitrogens with zero attached hydrogens (tertiary/aromatic N) is 1. The van der Waals surface area contributed by atoms with Gasteiger partial charge in [-0.15, -0.1) is 0 Å². The fourth-order valence-corrected chi connectivity index (χ4v) is 3.60. The van der Waals surface area contributed by atoms with Crippen molar-refractivity contribution in [2.24, 2.45) is 0 Å². The molecule has 2 rings (SSSR count). The number of hydrogen-bond donors (Lipinski definition) is 1. The zero-order chi connectivity index (χ0) is 16.9. The molecule has 0 unspecified atom stereocenters. The van der Waals surface area contributed by atoms with Gasteiger partial charge in [0.1, 0.15) is 5.82 Å². The molecule has 2 aromatic rings. The minimum absolute atomic E-state index is 0.00564. The van der Waals surface area contributed by atoms with Crippen molar-refractivity contribution >= 4 is 15.7 Å². The molecule has 1 N–H and O–H groups in total. The van der Waals surface area contributed by atoms with Gasteiger partial charge in [-0.2, -0.15) is 0 Å². The zero-order valence-corrected chi connectivity index (χ0v) is 14.1. The van der Waals surface area contributed by atoms with Crippen molar-refractivity contribution in [3.63, 3.8) is 0 Å². The van der Waals surface area contributed by atoms with E-state index < -0.39 is 15.8 Å². The van der Waals surface area contributed by atoms with Crippen molar-refractivity contribution < 1.29 is 12.8 Å². The third kappa shape index (κ3) is 4.77. The summed E-state index contributed by atoms with van der Waals surface area (Å²) in [6.45, 7) is 2.67. The van der Waals surface area contributed by atoms with E-state index in [2.05, 4.69) is 9.62 Å². The van der Waals surface area contributed by atoms with Gasteiger partial charge < -0.3 is 4.90 Å². The highest BCUT2D eigenvalue weighted by molar-refractivity contribution is 7.89. The molecule has 4 nitrogen and oxygen atoms in total. The molecule has 6 heteroatoms. The third-order valence-corrected chi connectivity index (χ3v) is 5.20. The number of sulfonamides is 1. The van der Waals surface area contributed by atoms with Crippen molar-refractivity contribution in [2.75, 3.05) is 25.0 Å². The molecule has 0 saturated heterocycles. The zero-order valence-electron chi connectivity index (χ0n) is 13.3. The number of para-hydroxylation sites is 1. The van der Waals surface area contributed by atoms with Crippen LogP contribution in [0.25, 0.3) is 0 Å². The molecule has 0 aliphatic rings. The largest absolute Gasteiger partial charge is 0.375 e. The maximum Gasteiger partial charge on any atom is 0.240 e. The van der Waals surface area contributed by atoms with Crippen molar-refractivity contribution in [3.05, 3.63) is 59.9 Å². The Kier molecular flexibility index (Phi) is 5.74. The smallest absolute Gasteiger partial charge is 0.240 e. The number of rotatable bonds is 7. The standard InChI is InChI=1S/C17H21FN2O2S/c1-14-9-10-15(18)13-17(14)23(21,22)19-11-6-12-20(2)16-7-4-3-5-8-16/h3-5,7-10,13,19H,6,11-12H2,1-2H3. The van der Waals surface area contributed by atoms with Gasteiger partial charge in [0.15, 0.2) is 0 Å². The van der Waals surface area contributed by atoms with Crippen LogP contribution in [0.2, 0.25) is 0 Å². The number of hydrogen-bond acceptors (Lipinski definition) is 3. The van der Waals surface area contributed by atoms with E-state index in [-0.39, 0.29) is 4.90 Å². The van der Waals surface area contributed by atoms with Crippen LogP contribution in [0, 0.1) is 12.7 Å². The average molecular weight is 336 g/mol. The monoisotopic (exact) mass is 336 g/mol. The fourth-order valence-electron chi connectivity index (χ4n) is 2.28. The van der Waals surface area contributed by atoms with E-state index in [1.165, 1.54) is 12.1 Å². The lowest BCUT2D eigenvalue weighted by atomic mass is 10.2. The normalized spacial score (nSPS) is 11.4. The van der Waals surface area contributed by atoms with E-state index >= 15 is 0 Å². The minimum Gasteiger partial charge on any atom is -0.375 e. The van der Waals surface area contributed by atoms with Crippen LogP contribution in [0.5, 0.6) is 0 Å². The molecule has 0 aromatic heterocycles. The first-order chi connectivity index (χ1) is 10.9. The Morgan fingerprint density at radius 2 is 1.83 bits per heavy atom.